The Morgan fingerprint density at radius 3 is 2.64 bits per heavy atom. The van der Waals surface area contributed by atoms with E-state index in [0.29, 0.717) is 24.6 Å². The molecule has 3 N–H and O–H groups in total. The molecule has 1 aromatic rings. The summed E-state index contributed by atoms with van der Waals surface area (Å²) in [5, 5.41) is 16.5. The summed E-state index contributed by atoms with van der Waals surface area (Å²) in [7, 11) is 0. The summed E-state index contributed by atoms with van der Waals surface area (Å²) >= 11 is 0. The summed E-state index contributed by atoms with van der Waals surface area (Å²) in [5.41, 5.74) is 1.10. The van der Waals surface area contributed by atoms with E-state index in [1.54, 1.807) is 0 Å². The number of guanidine groups is 1. The van der Waals surface area contributed by atoms with E-state index in [1.165, 1.54) is 12.8 Å². The number of aliphatic imine (C=N–C) groups is 1. The minimum Gasteiger partial charge on any atom is -0.474 e. The third-order valence-corrected chi connectivity index (χ3v) is 5.85. The van der Waals surface area contributed by atoms with E-state index in [0.717, 1.165) is 62.5 Å². The molecule has 2 fully saturated rings. The van der Waals surface area contributed by atoms with Crippen LogP contribution in [0.5, 0.6) is 5.88 Å². The van der Waals surface area contributed by atoms with E-state index in [4.69, 9.17) is 9.73 Å². The van der Waals surface area contributed by atoms with Gasteiger partial charge in [-0.1, -0.05) is 6.92 Å². The summed E-state index contributed by atoms with van der Waals surface area (Å²) in [6.07, 6.45) is 10.4. The minimum absolute atomic E-state index is 0.139. The van der Waals surface area contributed by atoms with Gasteiger partial charge in [0.25, 0.3) is 0 Å². The van der Waals surface area contributed by atoms with Crippen LogP contribution in [-0.2, 0) is 6.54 Å². The summed E-state index contributed by atoms with van der Waals surface area (Å²) < 4.78 is 6.12. The van der Waals surface area contributed by atoms with Gasteiger partial charge >= 0.3 is 0 Å². The maximum atomic E-state index is 9.68. The molecule has 0 radical (unpaired) electrons. The second kappa shape index (κ2) is 10.6. The lowest BCUT2D eigenvalue weighted by molar-refractivity contribution is 0.120. The molecule has 0 amide bonds. The summed E-state index contributed by atoms with van der Waals surface area (Å²) in [5.74, 6) is 2.37. The topological polar surface area (TPSA) is 78.8 Å². The lowest BCUT2D eigenvalue weighted by Crippen LogP contribution is -2.45. The first kappa shape index (κ1) is 20.9. The smallest absolute Gasteiger partial charge is 0.213 e. The molecular weight excluding hydrogens is 352 g/mol. The molecule has 2 saturated carbocycles. The van der Waals surface area contributed by atoms with Gasteiger partial charge in [0.1, 0.15) is 6.10 Å². The van der Waals surface area contributed by atoms with Crippen LogP contribution >= 0.6 is 0 Å². The van der Waals surface area contributed by atoms with Crippen molar-refractivity contribution in [2.75, 3.05) is 6.54 Å². The Morgan fingerprint density at radius 2 is 1.93 bits per heavy atom. The van der Waals surface area contributed by atoms with Gasteiger partial charge in [-0.05, 0) is 75.8 Å². The number of hydrogen-bond acceptors (Lipinski definition) is 4. The average molecular weight is 389 g/mol. The Hall–Kier alpha value is -1.82. The van der Waals surface area contributed by atoms with Crippen molar-refractivity contribution in [3.63, 3.8) is 0 Å². The van der Waals surface area contributed by atoms with Crippen molar-refractivity contribution < 1.29 is 9.84 Å². The van der Waals surface area contributed by atoms with Gasteiger partial charge in [-0.25, -0.2) is 9.98 Å². The SMILES string of the molecule is CCNC(=NCc1ccnc(OC2CCC(C)CC2)c1)NC1CCC(O)CC1. The first-order valence-corrected chi connectivity index (χ1v) is 11.0. The number of aromatic nitrogens is 1. The quantitative estimate of drug-likeness (QED) is 0.514. The highest BCUT2D eigenvalue weighted by atomic mass is 16.5. The molecular formula is C22H36N4O2. The zero-order chi connectivity index (χ0) is 19.8. The Kier molecular flexibility index (Phi) is 7.95. The van der Waals surface area contributed by atoms with Gasteiger partial charge in [-0.15, -0.1) is 0 Å². The first-order chi connectivity index (χ1) is 13.6. The summed E-state index contributed by atoms with van der Waals surface area (Å²) in [6, 6.07) is 4.40. The molecule has 156 valence electrons. The normalized spacial score (nSPS) is 28.6. The number of nitrogens with zero attached hydrogens (tertiary/aromatic N) is 2. The van der Waals surface area contributed by atoms with Gasteiger partial charge in [-0.3, -0.25) is 0 Å². The molecule has 6 nitrogen and oxygen atoms in total. The van der Waals surface area contributed by atoms with Crippen molar-refractivity contribution >= 4 is 5.96 Å². The minimum atomic E-state index is -0.139. The molecule has 0 spiro atoms. The molecule has 0 aromatic carbocycles. The number of pyridine rings is 1. The number of rotatable bonds is 6. The van der Waals surface area contributed by atoms with Crippen LogP contribution in [0.2, 0.25) is 0 Å². The number of aliphatic hydroxyl groups excluding tert-OH is 1. The Bertz CT molecular complexity index is 621. The fraction of sp³-hybridized carbons (Fsp3) is 0.727. The van der Waals surface area contributed by atoms with Gasteiger partial charge in [0, 0.05) is 24.8 Å². The van der Waals surface area contributed by atoms with Gasteiger partial charge in [0.2, 0.25) is 5.88 Å². The van der Waals surface area contributed by atoms with Gasteiger partial charge < -0.3 is 20.5 Å². The molecule has 2 aliphatic rings. The lowest BCUT2D eigenvalue weighted by Gasteiger charge is -2.27. The number of aliphatic hydroxyl groups is 1. The molecule has 28 heavy (non-hydrogen) atoms. The van der Waals surface area contributed by atoms with Crippen LogP contribution in [-0.4, -0.2) is 40.8 Å². The number of hydrogen-bond donors (Lipinski definition) is 3. The van der Waals surface area contributed by atoms with Gasteiger partial charge in [-0.2, -0.15) is 0 Å². The molecule has 1 heterocycles. The Labute approximate surface area is 169 Å². The van der Waals surface area contributed by atoms with E-state index >= 15 is 0 Å². The molecule has 1 aromatic heterocycles. The predicted molar refractivity (Wildman–Crippen MR) is 112 cm³/mol. The van der Waals surface area contributed by atoms with Crippen LogP contribution < -0.4 is 15.4 Å². The largest absolute Gasteiger partial charge is 0.474 e. The molecule has 6 heteroatoms. The summed E-state index contributed by atoms with van der Waals surface area (Å²) in [4.78, 5) is 9.13. The molecule has 0 saturated heterocycles. The number of ether oxygens (including phenoxy) is 1. The second-order valence-corrected chi connectivity index (χ2v) is 8.35. The second-order valence-electron chi connectivity index (χ2n) is 8.35. The maximum absolute atomic E-state index is 9.68. The zero-order valence-corrected chi connectivity index (χ0v) is 17.4. The standard InChI is InChI=1S/C22H36N4O2/c1-3-23-22(26-18-6-8-19(27)9-7-18)25-15-17-12-13-24-21(14-17)28-20-10-4-16(2)5-11-20/h12-14,16,18-20,27H,3-11,15H2,1-2H3,(H2,23,25,26). The Balaban J connectivity index is 1.54. The van der Waals surface area contributed by atoms with Crippen molar-refractivity contribution in [2.24, 2.45) is 10.9 Å². The van der Waals surface area contributed by atoms with Crippen LogP contribution in [0.3, 0.4) is 0 Å². The summed E-state index contributed by atoms with van der Waals surface area (Å²) in [6.45, 7) is 5.81. The van der Waals surface area contributed by atoms with Crippen LogP contribution in [0.25, 0.3) is 0 Å². The van der Waals surface area contributed by atoms with Crippen LogP contribution in [0.1, 0.15) is 70.8 Å². The third-order valence-electron chi connectivity index (χ3n) is 5.85. The van der Waals surface area contributed by atoms with E-state index in [1.807, 2.05) is 18.3 Å². The maximum Gasteiger partial charge on any atom is 0.213 e. The van der Waals surface area contributed by atoms with Crippen molar-refractivity contribution in [3.05, 3.63) is 23.9 Å². The molecule has 3 rings (SSSR count). The molecule has 0 bridgehead atoms. The molecule has 0 atom stereocenters. The van der Waals surface area contributed by atoms with Gasteiger partial charge in [0.05, 0.1) is 12.6 Å². The van der Waals surface area contributed by atoms with E-state index in [-0.39, 0.29) is 6.10 Å². The van der Waals surface area contributed by atoms with Crippen LogP contribution in [0, 0.1) is 5.92 Å². The lowest BCUT2D eigenvalue weighted by atomic mass is 9.89. The van der Waals surface area contributed by atoms with Crippen LogP contribution in [0.4, 0.5) is 0 Å². The highest BCUT2D eigenvalue weighted by molar-refractivity contribution is 5.80. The highest BCUT2D eigenvalue weighted by Crippen LogP contribution is 2.26. The van der Waals surface area contributed by atoms with E-state index in [2.05, 4.69) is 29.5 Å². The monoisotopic (exact) mass is 388 g/mol. The predicted octanol–water partition coefficient (Wildman–Crippen LogP) is 3.40. The highest BCUT2D eigenvalue weighted by Gasteiger charge is 2.21. The molecule has 0 unspecified atom stereocenters. The third kappa shape index (κ3) is 6.66. The first-order valence-electron chi connectivity index (χ1n) is 11.0. The van der Waals surface area contributed by atoms with Crippen LogP contribution in [0.15, 0.2) is 23.3 Å². The fourth-order valence-electron chi connectivity index (χ4n) is 4.04. The Morgan fingerprint density at radius 1 is 1.18 bits per heavy atom. The number of nitrogens with one attached hydrogen (secondary N) is 2. The fourth-order valence-corrected chi connectivity index (χ4v) is 4.04. The van der Waals surface area contributed by atoms with E-state index < -0.39 is 0 Å². The van der Waals surface area contributed by atoms with Crippen molar-refractivity contribution in [2.45, 2.75) is 90.0 Å². The van der Waals surface area contributed by atoms with Crippen molar-refractivity contribution in [1.29, 1.82) is 0 Å². The molecule has 2 aliphatic carbocycles. The van der Waals surface area contributed by atoms with Crippen molar-refractivity contribution in [1.82, 2.24) is 15.6 Å². The zero-order valence-electron chi connectivity index (χ0n) is 17.4. The van der Waals surface area contributed by atoms with Gasteiger partial charge in [0.15, 0.2) is 5.96 Å². The molecule has 0 aliphatic heterocycles. The average Bonchev–Trinajstić information content (AvgIpc) is 2.70. The van der Waals surface area contributed by atoms with Crippen molar-refractivity contribution in [3.8, 4) is 5.88 Å². The van der Waals surface area contributed by atoms with E-state index in [9.17, 15) is 5.11 Å².